The van der Waals surface area contributed by atoms with Crippen molar-refractivity contribution in [3.63, 3.8) is 0 Å². The number of hydrogen-bond acceptors (Lipinski definition) is 4. The van der Waals surface area contributed by atoms with Gasteiger partial charge in [0, 0.05) is 12.1 Å². The van der Waals surface area contributed by atoms with Crippen LogP contribution in [0.4, 0.5) is 5.82 Å². The summed E-state index contributed by atoms with van der Waals surface area (Å²) < 4.78 is 0. The van der Waals surface area contributed by atoms with Crippen molar-refractivity contribution in [1.82, 2.24) is 15.0 Å². The van der Waals surface area contributed by atoms with Gasteiger partial charge in [0.05, 0.1) is 11.6 Å². The van der Waals surface area contributed by atoms with Gasteiger partial charge in [0.15, 0.2) is 5.82 Å². The number of aromatic amines is 1. The first-order valence-electron chi connectivity index (χ1n) is 10.1. The molecule has 0 radical (unpaired) electrons. The molecule has 152 valence electrons. The summed E-state index contributed by atoms with van der Waals surface area (Å²) in [5, 5.41) is 12.6. The van der Waals surface area contributed by atoms with Crippen molar-refractivity contribution < 1.29 is 9.90 Å². The van der Waals surface area contributed by atoms with Crippen molar-refractivity contribution in [2.24, 2.45) is 0 Å². The van der Waals surface area contributed by atoms with Crippen LogP contribution in [-0.4, -0.2) is 26.0 Å². The van der Waals surface area contributed by atoms with Crippen molar-refractivity contribution >= 4 is 22.8 Å². The van der Waals surface area contributed by atoms with Gasteiger partial charge in [-0.2, -0.15) is 0 Å². The van der Waals surface area contributed by atoms with Gasteiger partial charge < -0.3 is 15.4 Å². The number of rotatable bonds is 8. The summed E-state index contributed by atoms with van der Waals surface area (Å²) in [6, 6.07) is 22.1. The summed E-state index contributed by atoms with van der Waals surface area (Å²) in [6.45, 7) is 1.88. The van der Waals surface area contributed by atoms with E-state index in [1.165, 1.54) is 0 Å². The Kier molecular flexibility index (Phi) is 5.75. The Labute approximate surface area is 175 Å². The Bertz CT molecular complexity index is 1140. The molecule has 6 nitrogen and oxygen atoms in total. The molecule has 1 atom stereocenters. The molecule has 0 aliphatic carbocycles. The average molecular weight is 400 g/mol. The summed E-state index contributed by atoms with van der Waals surface area (Å²) in [7, 11) is 0. The molecule has 0 amide bonds. The van der Waals surface area contributed by atoms with Crippen LogP contribution in [0, 0.1) is 6.92 Å². The number of carboxylic acids is 1. The molecule has 0 aliphatic rings. The molecule has 0 saturated carbocycles. The maximum absolute atomic E-state index is 11.0. The Morgan fingerprint density at radius 3 is 2.47 bits per heavy atom. The number of aliphatic carboxylic acids is 1. The Hall–Kier alpha value is -3.67. The molecule has 6 heteroatoms. The third kappa shape index (κ3) is 4.49. The third-order valence-electron chi connectivity index (χ3n) is 5.07. The Balaban J connectivity index is 1.69. The topological polar surface area (TPSA) is 90.9 Å². The maximum Gasteiger partial charge on any atom is 0.303 e. The molecule has 2 aromatic heterocycles. The zero-order chi connectivity index (χ0) is 20.9. The highest BCUT2D eigenvalue weighted by atomic mass is 16.4. The lowest BCUT2D eigenvalue weighted by Gasteiger charge is -2.20. The summed E-state index contributed by atoms with van der Waals surface area (Å²) in [5.41, 5.74) is 4.86. The number of nitrogens with zero attached hydrogens (tertiary/aromatic N) is 2. The van der Waals surface area contributed by atoms with Gasteiger partial charge in [-0.3, -0.25) is 4.79 Å². The number of fused-ring (bicyclic) bond motifs is 1. The molecule has 0 fully saturated rings. The molecule has 1 unspecified atom stereocenters. The SMILES string of the molecule is Cc1nc(NC(CCCC(=O)O)c2ccccc2)c2[nH]c(-c3ccccc3)cc2n1. The highest BCUT2D eigenvalue weighted by molar-refractivity contribution is 5.90. The predicted octanol–water partition coefficient (Wildman–Crippen LogP) is 5.34. The zero-order valence-corrected chi connectivity index (χ0v) is 16.8. The van der Waals surface area contributed by atoms with Crippen LogP contribution < -0.4 is 5.32 Å². The Morgan fingerprint density at radius 1 is 1.07 bits per heavy atom. The van der Waals surface area contributed by atoms with Gasteiger partial charge in [0.1, 0.15) is 11.3 Å². The molecular weight excluding hydrogens is 376 g/mol. The van der Waals surface area contributed by atoms with E-state index >= 15 is 0 Å². The molecule has 0 spiro atoms. The fourth-order valence-electron chi connectivity index (χ4n) is 3.64. The van der Waals surface area contributed by atoms with Crippen molar-refractivity contribution in [2.45, 2.75) is 32.2 Å². The molecule has 2 heterocycles. The zero-order valence-electron chi connectivity index (χ0n) is 16.8. The third-order valence-corrected chi connectivity index (χ3v) is 5.07. The summed E-state index contributed by atoms with van der Waals surface area (Å²) >= 11 is 0. The van der Waals surface area contributed by atoms with E-state index in [2.05, 4.69) is 32.4 Å². The van der Waals surface area contributed by atoms with Gasteiger partial charge in [-0.05, 0) is 37.0 Å². The molecule has 0 aliphatic heterocycles. The number of benzene rings is 2. The van der Waals surface area contributed by atoms with Crippen LogP contribution in [0.1, 0.15) is 36.7 Å². The second kappa shape index (κ2) is 8.78. The minimum atomic E-state index is -0.779. The first-order valence-corrected chi connectivity index (χ1v) is 10.1. The van der Waals surface area contributed by atoms with E-state index in [-0.39, 0.29) is 12.5 Å². The summed E-state index contributed by atoms with van der Waals surface area (Å²) in [4.78, 5) is 23.7. The number of aromatic nitrogens is 3. The van der Waals surface area contributed by atoms with Crippen molar-refractivity contribution in [3.8, 4) is 11.3 Å². The van der Waals surface area contributed by atoms with E-state index in [4.69, 9.17) is 5.11 Å². The minimum absolute atomic E-state index is 0.0495. The van der Waals surface area contributed by atoms with E-state index < -0.39 is 5.97 Å². The second-order valence-corrected chi connectivity index (χ2v) is 7.32. The molecule has 30 heavy (non-hydrogen) atoms. The fraction of sp³-hybridized carbons (Fsp3) is 0.208. The van der Waals surface area contributed by atoms with Crippen LogP contribution in [0.5, 0.6) is 0 Å². The van der Waals surface area contributed by atoms with Gasteiger partial charge in [-0.25, -0.2) is 9.97 Å². The molecular formula is C24H24N4O2. The second-order valence-electron chi connectivity index (χ2n) is 7.32. The van der Waals surface area contributed by atoms with Gasteiger partial charge in [-0.15, -0.1) is 0 Å². The lowest BCUT2D eigenvalue weighted by molar-refractivity contribution is -0.137. The molecule has 4 aromatic rings. The van der Waals surface area contributed by atoms with E-state index in [0.717, 1.165) is 33.7 Å². The van der Waals surface area contributed by atoms with Crippen LogP contribution in [-0.2, 0) is 4.79 Å². The standard InChI is InChI=1S/C24H24N4O2/c1-16-25-21-15-20(18-11-6-3-7-12-18)27-23(21)24(26-16)28-19(13-8-14-22(29)30)17-9-4-2-5-10-17/h2-7,9-12,15,19,27H,8,13-14H2,1H3,(H,29,30)(H,25,26,28). The summed E-state index contributed by atoms with van der Waals surface area (Å²) in [5.74, 6) is 0.628. The normalized spacial score (nSPS) is 12.0. The molecule has 3 N–H and O–H groups in total. The van der Waals surface area contributed by atoms with Crippen LogP contribution in [0.2, 0.25) is 0 Å². The molecule has 0 bridgehead atoms. The van der Waals surface area contributed by atoms with Crippen molar-refractivity contribution in [3.05, 3.63) is 78.1 Å². The maximum atomic E-state index is 11.0. The van der Waals surface area contributed by atoms with Crippen LogP contribution >= 0.6 is 0 Å². The largest absolute Gasteiger partial charge is 0.481 e. The number of aryl methyl sites for hydroxylation is 1. The number of anilines is 1. The van der Waals surface area contributed by atoms with Crippen LogP contribution in [0.25, 0.3) is 22.3 Å². The number of nitrogens with one attached hydrogen (secondary N) is 2. The number of carbonyl (C=O) groups is 1. The predicted molar refractivity (Wildman–Crippen MR) is 118 cm³/mol. The van der Waals surface area contributed by atoms with Crippen molar-refractivity contribution in [2.75, 3.05) is 5.32 Å². The summed E-state index contributed by atoms with van der Waals surface area (Å²) in [6.07, 6.45) is 1.41. The lowest BCUT2D eigenvalue weighted by Crippen LogP contribution is -2.13. The van der Waals surface area contributed by atoms with Gasteiger partial charge in [0.25, 0.3) is 0 Å². The Morgan fingerprint density at radius 2 is 1.77 bits per heavy atom. The van der Waals surface area contributed by atoms with E-state index in [1.54, 1.807) is 0 Å². The number of carboxylic acid groups (broad SMARTS) is 1. The van der Waals surface area contributed by atoms with Crippen molar-refractivity contribution in [1.29, 1.82) is 0 Å². The van der Waals surface area contributed by atoms with Gasteiger partial charge in [-0.1, -0.05) is 60.7 Å². The number of H-pyrrole nitrogens is 1. The molecule has 2 aromatic carbocycles. The first kappa shape index (κ1) is 19.6. The van der Waals surface area contributed by atoms with Gasteiger partial charge in [0.2, 0.25) is 0 Å². The molecule has 0 saturated heterocycles. The van der Waals surface area contributed by atoms with Gasteiger partial charge >= 0.3 is 5.97 Å². The number of hydrogen-bond donors (Lipinski definition) is 3. The monoisotopic (exact) mass is 400 g/mol. The smallest absolute Gasteiger partial charge is 0.303 e. The lowest BCUT2D eigenvalue weighted by atomic mass is 10.0. The van der Waals surface area contributed by atoms with E-state index in [9.17, 15) is 4.79 Å². The first-order chi connectivity index (χ1) is 14.6. The highest BCUT2D eigenvalue weighted by Gasteiger charge is 2.17. The molecule has 4 rings (SSSR count). The van der Waals surface area contributed by atoms with Crippen LogP contribution in [0.15, 0.2) is 66.7 Å². The average Bonchev–Trinajstić information content (AvgIpc) is 3.18. The highest BCUT2D eigenvalue weighted by Crippen LogP contribution is 2.30. The van der Waals surface area contributed by atoms with E-state index in [1.807, 2.05) is 61.5 Å². The fourth-order valence-corrected chi connectivity index (χ4v) is 3.64. The van der Waals surface area contributed by atoms with Crippen LogP contribution in [0.3, 0.4) is 0 Å². The minimum Gasteiger partial charge on any atom is -0.481 e. The quantitative estimate of drug-likeness (QED) is 0.371. The van der Waals surface area contributed by atoms with E-state index in [0.29, 0.717) is 18.7 Å².